The van der Waals surface area contributed by atoms with Gasteiger partial charge in [0, 0.05) is 0 Å². The molecule has 2 N–H and O–H groups in total. The summed E-state index contributed by atoms with van der Waals surface area (Å²) in [5, 5.41) is 0. The van der Waals surface area contributed by atoms with Crippen LogP contribution in [0.5, 0.6) is 17.2 Å². The minimum atomic E-state index is -1.11. The van der Waals surface area contributed by atoms with E-state index >= 15 is 0 Å². The van der Waals surface area contributed by atoms with Crippen LogP contribution in [0.2, 0.25) is 0 Å². The number of benzene rings is 2. The topological polar surface area (TPSA) is 44.5 Å². The lowest BCUT2D eigenvalue weighted by molar-refractivity contribution is 0.407. The Kier molecular flexibility index (Phi) is 3.32. The molecule has 0 aliphatic rings. The van der Waals surface area contributed by atoms with Crippen LogP contribution in [-0.2, 0) is 0 Å². The molecule has 0 unspecified atom stereocenters. The average molecular weight is 251 g/mol. The van der Waals surface area contributed by atoms with Crippen LogP contribution < -0.4 is 15.2 Å². The molecule has 5 heteroatoms. The van der Waals surface area contributed by atoms with E-state index in [4.69, 9.17) is 15.2 Å². The van der Waals surface area contributed by atoms with Gasteiger partial charge >= 0.3 is 0 Å². The van der Waals surface area contributed by atoms with Gasteiger partial charge in [0.25, 0.3) is 0 Å². The van der Waals surface area contributed by atoms with E-state index in [-0.39, 0.29) is 11.4 Å². The largest absolute Gasteiger partial charge is 0.497 e. The van der Waals surface area contributed by atoms with Crippen LogP contribution in [0.1, 0.15) is 0 Å². The predicted molar refractivity (Wildman–Crippen MR) is 63.8 cm³/mol. The zero-order chi connectivity index (χ0) is 13.1. The minimum absolute atomic E-state index is 0.0321. The number of anilines is 1. The molecule has 0 heterocycles. The zero-order valence-electron chi connectivity index (χ0n) is 9.61. The van der Waals surface area contributed by atoms with E-state index < -0.39 is 11.6 Å². The number of nitrogen functional groups attached to an aromatic ring is 1. The molecule has 0 saturated heterocycles. The Bertz CT molecular complexity index is 556. The van der Waals surface area contributed by atoms with Crippen molar-refractivity contribution in [3.05, 3.63) is 48.0 Å². The molecule has 0 atom stereocenters. The van der Waals surface area contributed by atoms with Gasteiger partial charge in [-0.05, 0) is 36.4 Å². The van der Waals surface area contributed by atoms with Gasteiger partial charge in [0.05, 0.1) is 12.8 Å². The predicted octanol–water partition coefficient (Wildman–Crippen LogP) is 3.35. The third kappa shape index (κ3) is 2.34. The first kappa shape index (κ1) is 12.2. The third-order valence-electron chi connectivity index (χ3n) is 2.36. The number of nitrogens with two attached hydrogens (primary N) is 1. The molecule has 0 amide bonds. The van der Waals surface area contributed by atoms with Crippen LogP contribution in [-0.4, -0.2) is 7.11 Å². The van der Waals surface area contributed by atoms with Crippen LogP contribution in [0, 0.1) is 11.6 Å². The highest BCUT2D eigenvalue weighted by molar-refractivity contribution is 5.55. The van der Waals surface area contributed by atoms with Gasteiger partial charge in [-0.2, -0.15) is 4.39 Å². The quantitative estimate of drug-likeness (QED) is 0.851. The Morgan fingerprint density at radius 2 is 1.56 bits per heavy atom. The monoisotopic (exact) mass is 251 g/mol. The summed E-state index contributed by atoms with van der Waals surface area (Å²) in [6, 6.07) is 8.62. The second-order valence-electron chi connectivity index (χ2n) is 3.56. The Morgan fingerprint density at radius 1 is 0.944 bits per heavy atom. The van der Waals surface area contributed by atoms with Gasteiger partial charge in [-0.3, -0.25) is 0 Å². The standard InChI is InChI=1S/C13H11F2NO2/c1-17-8-2-4-9(5-3-8)18-13-11(16)7-6-10(14)12(13)15/h2-7H,16H2,1H3. The lowest BCUT2D eigenvalue weighted by Crippen LogP contribution is -1.97. The van der Waals surface area contributed by atoms with Crippen molar-refractivity contribution < 1.29 is 18.3 Å². The van der Waals surface area contributed by atoms with Gasteiger partial charge in [0.1, 0.15) is 11.5 Å². The number of rotatable bonds is 3. The fourth-order valence-electron chi connectivity index (χ4n) is 1.41. The van der Waals surface area contributed by atoms with Gasteiger partial charge in [-0.1, -0.05) is 0 Å². The first-order valence-corrected chi connectivity index (χ1v) is 5.17. The van der Waals surface area contributed by atoms with E-state index in [9.17, 15) is 8.78 Å². The highest BCUT2D eigenvalue weighted by atomic mass is 19.2. The number of hydrogen-bond donors (Lipinski definition) is 1. The summed E-state index contributed by atoms with van der Waals surface area (Å²) >= 11 is 0. The molecule has 0 spiro atoms. The SMILES string of the molecule is COc1ccc(Oc2c(N)ccc(F)c2F)cc1. The average Bonchev–Trinajstić information content (AvgIpc) is 2.40. The number of methoxy groups -OCH3 is 1. The molecule has 94 valence electrons. The Labute approximate surface area is 103 Å². The summed E-state index contributed by atoms with van der Waals surface area (Å²) in [5.74, 6) is -1.46. The fraction of sp³-hybridized carbons (Fsp3) is 0.0769. The van der Waals surface area contributed by atoms with Gasteiger partial charge in [-0.15, -0.1) is 0 Å². The lowest BCUT2D eigenvalue weighted by Gasteiger charge is -2.10. The molecule has 0 aliphatic carbocycles. The maximum absolute atomic E-state index is 13.5. The van der Waals surface area contributed by atoms with Gasteiger partial charge in [0.2, 0.25) is 5.82 Å². The van der Waals surface area contributed by atoms with Crippen molar-refractivity contribution in [2.24, 2.45) is 0 Å². The molecule has 0 bridgehead atoms. The molecule has 0 aromatic heterocycles. The Morgan fingerprint density at radius 3 is 2.17 bits per heavy atom. The molecule has 2 rings (SSSR count). The molecular weight excluding hydrogens is 240 g/mol. The first-order chi connectivity index (χ1) is 8.61. The molecular formula is C13H11F2NO2. The Hall–Kier alpha value is -2.30. The van der Waals surface area contributed by atoms with E-state index in [1.807, 2.05) is 0 Å². The number of hydrogen-bond acceptors (Lipinski definition) is 3. The maximum Gasteiger partial charge on any atom is 0.203 e. The first-order valence-electron chi connectivity index (χ1n) is 5.17. The molecule has 0 radical (unpaired) electrons. The minimum Gasteiger partial charge on any atom is -0.497 e. The third-order valence-corrected chi connectivity index (χ3v) is 2.36. The van der Waals surface area contributed by atoms with Crippen LogP contribution in [0.3, 0.4) is 0 Å². The normalized spacial score (nSPS) is 10.2. The van der Waals surface area contributed by atoms with Crippen molar-refractivity contribution in [2.75, 3.05) is 12.8 Å². The van der Waals surface area contributed by atoms with Gasteiger partial charge in [0.15, 0.2) is 11.6 Å². The zero-order valence-corrected chi connectivity index (χ0v) is 9.61. The van der Waals surface area contributed by atoms with Crippen LogP contribution in [0.15, 0.2) is 36.4 Å². The van der Waals surface area contributed by atoms with Crippen molar-refractivity contribution in [3.8, 4) is 17.2 Å². The lowest BCUT2D eigenvalue weighted by atomic mass is 10.2. The van der Waals surface area contributed by atoms with Crippen LogP contribution in [0.4, 0.5) is 14.5 Å². The Balaban J connectivity index is 2.30. The molecule has 0 saturated carbocycles. The van der Waals surface area contributed by atoms with E-state index in [0.29, 0.717) is 11.5 Å². The molecule has 18 heavy (non-hydrogen) atoms. The van der Waals surface area contributed by atoms with Crippen molar-refractivity contribution in [2.45, 2.75) is 0 Å². The fourth-order valence-corrected chi connectivity index (χ4v) is 1.41. The van der Waals surface area contributed by atoms with E-state index in [0.717, 1.165) is 6.07 Å². The number of ether oxygens (including phenoxy) is 2. The smallest absolute Gasteiger partial charge is 0.203 e. The summed E-state index contributed by atoms with van der Waals surface area (Å²) in [7, 11) is 1.53. The highest BCUT2D eigenvalue weighted by Crippen LogP contribution is 2.32. The van der Waals surface area contributed by atoms with Gasteiger partial charge < -0.3 is 15.2 Å². The second-order valence-corrected chi connectivity index (χ2v) is 3.56. The molecule has 3 nitrogen and oxygen atoms in total. The summed E-state index contributed by atoms with van der Waals surface area (Å²) < 4.78 is 36.7. The van der Waals surface area contributed by atoms with Crippen molar-refractivity contribution in [1.29, 1.82) is 0 Å². The van der Waals surface area contributed by atoms with Crippen molar-refractivity contribution in [1.82, 2.24) is 0 Å². The summed E-state index contributed by atoms with van der Waals surface area (Å²) in [6.45, 7) is 0. The van der Waals surface area contributed by atoms with E-state index in [1.54, 1.807) is 24.3 Å². The summed E-state index contributed by atoms with van der Waals surface area (Å²) in [6.07, 6.45) is 0. The highest BCUT2D eigenvalue weighted by Gasteiger charge is 2.14. The van der Waals surface area contributed by atoms with Crippen LogP contribution in [0.25, 0.3) is 0 Å². The van der Waals surface area contributed by atoms with E-state index in [2.05, 4.69) is 0 Å². The van der Waals surface area contributed by atoms with Gasteiger partial charge in [-0.25, -0.2) is 4.39 Å². The summed E-state index contributed by atoms with van der Waals surface area (Å²) in [4.78, 5) is 0. The second kappa shape index (κ2) is 4.91. The molecule has 2 aromatic rings. The number of halogens is 2. The molecule has 0 aliphatic heterocycles. The maximum atomic E-state index is 13.5. The molecule has 0 fully saturated rings. The van der Waals surface area contributed by atoms with Crippen molar-refractivity contribution >= 4 is 5.69 Å². The van der Waals surface area contributed by atoms with Crippen molar-refractivity contribution in [3.63, 3.8) is 0 Å². The van der Waals surface area contributed by atoms with Crippen LogP contribution >= 0.6 is 0 Å². The molecule has 2 aromatic carbocycles. The van der Waals surface area contributed by atoms with E-state index in [1.165, 1.54) is 13.2 Å². The summed E-state index contributed by atoms with van der Waals surface area (Å²) in [5.41, 5.74) is 5.57.